The lowest BCUT2D eigenvalue weighted by Crippen LogP contribution is -2.27. The van der Waals surface area contributed by atoms with Crippen LogP contribution in [-0.2, 0) is 22.6 Å². The van der Waals surface area contributed by atoms with E-state index in [-0.39, 0.29) is 11.8 Å². The number of amides is 1. The van der Waals surface area contributed by atoms with Gasteiger partial charge in [-0.25, -0.2) is 4.98 Å². The molecule has 122 valence electrons. The largest absolute Gasteiger partial charge is 0.375 e. The van der Waals surface area contributed by atoms with E-state index in [1.807, 2.05) is 0 Å². The number of rotatable bonds is 5. The number of hydrogen-bond donors (Lipinski definition) is 1. The van der Waals surface area contributed by atoms with E-state index in [0.29, 0.717) is 6.61 Å². The highest BCUT2D eigenvalue weighted by molar-refractivity contribution is 7.15. The minimum atomic E-state index is 0.168. The zero-order chi connectivity index (χ0) is 15.4. The van der Waals surface area contributed by atoms with Crippen molar-refractivity contribution in [3.8, 4) is 0 Å². The first-order valence-electron chi connectivity index (χ1n) is 8.63. The SMILES string of the molecule is CCCCC1CCC(C(=O)Nc2nc3c(s2)COCC3)CC1. The summed E-state index contributed by atoms with van der Waals surface area (Å²) < 4.78 is 5.43. The fourth-order valence-corrected chi connectivity index (χ4v) is 4.44. The average Bonchev–Trinajstić information content (AvgIpc) is 2.95. The molecule has 1 aliphatic heterocycles. The Morgan fingerprint density at radius 2 is 2.18 bits per heavy atom. The van der Waals surface area contributed by atoms with Crippen molar-refractivity contribution in [1.82, 2.24) is 4.98 Å². The Morgan fingerprint density at radius 3 is 2.91 bits per heavy atom. The third-order valence-corrected chi connectivity index (χ3v) is 5.89. The van der Waals surface area contributed by atoms with Crippen molar-refractivity contribution in [1.29, 1.82) is 0 Å². The van der Waals surface area contributed by atoms with Crippen molar-refractivity contribution in [3.05, 3.63) is 10.6 Å². The second kappa shape index (κ2) is 7.55. The molecule has 2 heterocycles. The van der Waals surface area contributed by atoms with Gasteiger partial charge in [-0.3, -0.25) is 4.79 Å². The predicted octanol–water partition coefficient (Wildman–Crippen LogP) is 4.15. The standard InChI is InChI=1S/C17H26N2O2S/c1-2-3-4-12-5-7-13(8-6-12)16(20)19-17-18-14-9-10-21-11-15(14)22-17/h12-13H,2-11H2,1H3,(H,18,19,20). The molecule has 1 fully saturated rings. The quantitative estimate of drug-likeness (QED) is 0.886. The van der Waals surface area contributed by atoms with E-state index < -0.39 is 0 Å². The van der Waals surface area contributed by atoms with E-state index in [4.69, 9.17) is 4.74 Å². The van der Waals surface area contributed by atoms with Crippen LogP contribution >= 0.6 is 11.3 Å². The van der Waals surface area contributed by atoms with Gasteiger partial charge in [0.15, 0.2) is 5.13 Å². The molecule has 0 atom stereocenters. The number of fused-ring (bicyclic) bond motifs is 1. The van der Waals surface area contributed by atoms with Crippen LogP contribution in [0.3, 0.4) is 0 Å². The normalized spacial score (nSPS) is 24.8. The van der Waals surface area contributed by atoms with Crippen molar-refractivity contribution < 1.29 is 9.53 Å². The van der Waals surface area contributed by atoms with Crippen LogP contribution in [0.15, 0.2) is 0 Å². The van der Waals surface area contributed by atoms with Gasteiger partial charge in [0, 0.05) is 12.3 Å². The second-order valence-corrected chi connectivity index (χ2v) is 7.62. The van der Waals surface area contributed by atoms with Gasteiger partial charge in [-0.05, 0) is 31.6 Å². The van der Waals surface area contributed by atoms with E-state index in [1.54, 1.807) is 11.3 Å². The highest BCUT2D eigenvalue weighted by atomic mass is 32.1. The van der Waals surface area contributed by atoms with Crippen LogP contribution in [0.5, 0.6) is 0 Å². The number of aromatic nitrogens is 1. The van der Waals surface area contributed by atoms with E-state index in [9.17, 15) is 4.79 Å². The summed E-state index contributed by atoms with van der Waals surface area (Å²) in [7, 11) is 0. The molecular formula is C17H26N2O2S. The summed E-state index contributed by atoms with van der Waals surface area (Å²) in [6.45, 7) is 3.63. The number of nitrogens with zero attached hydrogens (tertiary/aromatic N) is 1. The zero-order valence-corrected chi connectivity index (χ0v) is 14.2. The maximum Gasteiger partial charge on any atom is 0.229 e. The molecule has 1 aliphatic carbocycles. The predicted molar refractivity (Wildman–Crippen MR) is 89.1 cm³/mol. The van der Waals surface area contributed by atoms with Crippen LogP contribution in [0.1, 0.15) is 62.4 Å². The summed E-state index contributed by atoms with van der Waals surface area (Å²) >= 11 is 1.57. The molecule has 0 aromatic carbocycles. The third kappa shape index (κ3) is 3.87. The number of thiazole rings is 1. The summed E-state index contributed by atoms with van der Waals surface area (Å²) in [6, 6.07) is 0. The molecule has 1 aromatic rings. The van der Waals surface area contributed by atoms with Gasteiger partial charge in [0.25, 0.3) is 0 Å². The Kier molecular flexibility index (Phi) is 5.47. The first kappa shape index (κ1) is 15.9. The summed E-state index contributed by atoms with van der Waals surface area (Å²) in [4.78, 5) is 18.1. The molecule has 1 saturated carbocycles. The second-order valence-electron chi connectivity index (χ2n) is 6.54. The molecule has 0 bridgehead atoms. The molecule has 0 saturated heterocycles. The molecule has 1 aromatic heterocycles. The van der Waals surface area contributed by atoms with E-state index in [1.165, 1.54) is 37.0 Å². The lowest BCUT2D eigenvalue weighted by molar-refractivity contribution is -0.121. The van der Waals surface area contributed by atoms with Gasteiger partial charge in [-0.15, -0.1) is 0 Å². The number of unbranched alkanes of at least 4 members (excludes halogenated alkanes) is 1. The van der Waals surface area contributed by atoms with Crippen LogP contribution in [0, 0.1) is 11.8 Å². The number of carbonyl (C=O) groups excluding carboxylic acids is 1. The molecular weight excluding hydrogens is 296 g/mol. The minimum absolute atomic E-state index is 0.168. The summed E-state index contributed by atoms with van der Waals surface area (Å²) in [6.07, 6.45) is 9.30. The molecule has 3 rings (SSSR count). The Morgan fingerprint density at radius 1 is 1.36 bits per heavy atom. The van der Waals surface area contributed by atoms with Crippen LogP contribution in [0.25, 0.3) is 0 Å². The van der Waals surface area contributed by atoms with Crippen LogP contribution < -0.4 is 5.32 Å². The lowest BCUT2D eigenvalue weighted by atomic mass is 9.79. The van der Waals surface area contributed by atoms with Gasteiger partial charge in [-0.2, -0.15) is 0 Å². The molecule has 0 radical (unpaired) electrons. The Hall–Kier alpha value is -0.940. The molecule has 1 amide bonds. The molecule has 22 heavy (non-hydrogen) atoms. The summed E-state index contributed by atoms with van der Waals surface area (Å²) in [5, 5.41) is 3.80. The topological polar surface area (TPSA) is 51.2 Å². The van der Waals surface area contributed by atoms with Crippen molar-refractivity contribution in [2.24, 2.45) is 11.8 Å². The van der Waals surface area contributed by atoms with Gasteiger partial charge in [-0.1, -0.05) is 37.5 Å². The monoisotopic (exact) mass is 322 g/mol. The Balaban J connectivity index is 1.49. The van der Waals surface area contributed by atoms with Gasteiger partial charge >= 0.3 is 0 Å². The van der Waals surface area contributed by atoms with Gasteiger partial charge in [0.2, 0.25) is 5.91 Å². The van der Waals surface area contributed by atoms with E-state index in [2.05, 4.69) is 17.2 Å². The first-order chi connectivity index (χ1) is 10.8. The molecule has 0 spiro atoms. The highest BCUT2D eigenvalue weighted by Gasteiger charge is 2.27. The fourth-order valence-electron chi connectivity index (χ4n) is 3.49. The van der Waals surface area contributed by atoms with Crippen molar-refractivity contribution in [2.45, 2.75) is 64.9 Å². The number of carbonyl (C=O) groups is 1. The number of ether oxygens (including phenoxy) is 1. The molecule has 2 aliphatic rings. The van der Waals surface area contributed by atoms with E-state index >= 15 is 0 Å². The van der Waals surface area contributed by atoms with E-state index in [0.717, 1.165) is 42.6 Å². The highest BCUT2D eigenvalue weighted by Crippen LogP contribution is 2.33. The molecule has 5 heteroatoms. The Bertz CT molecular complexity index is 483. The van der Waals surface area contributed by atoms with Crippen LogP contribution in [-0.4, -0.2) is 17.5 Å². The molecule has 1 N–H and O–H groups in total. The smallest absolute Gasteiger partial charge is 0.229 e. The fraction of sp³-hybridized carbons (Fsp3) is 0.765. The van der Waals surface area contributed by atoms with Gasteiger partial charge in [0.1, 0.15) is 0 Å². The van der Waals surface area contributed by atoms with Crippen molar-refractivity contribution in [2.75, 3.05) is 11.9 Å². The number of hydrogen-bond acceptors (Lipinski definition) is 4. The summed E-state index contributed by atoms with van der Waals surface area (Å²) in [5.41, 5.74) is 1.11. The number of nitrogens with one attached hydrogen (secondary N) is 1. The maximum atomic E-state index is 12.4. The average molecular weight is 322 g/mol. The third-order valence-electron chi connectivity index (χ3n) is 4.91. The van der Waals surface area contributed by atoms with Gasteiger partial charge < -0.3 is 10.1 Å². The number of anilines is 1. The first-order valence-corrected chi connectivity index (χ1v) is 9.45. The lowest BCUT2D eigenvalue weighted by Gasteiger charge is -2.27. The maximum absolute atomic E-state index is 12.4. The van der Waals surface area contributed by atoms with Gasteiger partial charge in [0.05, 0.1) is 23.8 Å². The van der Waals surface area contributed by atoms with Crippen molar-refractivity contribution in [3.63, 3.8) is 0 Å². The molecule has 4 nitrogen and oxygen atoms in total. The Labute approximate surface area is 136 Å². The minimum Gasteiger partial charge on any atom is -0.375 e. The van der Waals surface area contributed by atoms with Crippen molar-refractivity contribution >= 4 is 22.4 Å². The van der Waals surface area contributed by atoms with Crippen LogP contribution in [0.4, 0.5) is 5.13 Å². The summed E-state index contributed by atoms with van der Waals surface area (Å²) in [5.74, 6) is 1.18. The molecule has 0 unspecified atom stereocenters. The van der Waals surface area contributed by atoms with Crippen LogP contribution in [0.2, 0.25) is 0 Å². The zero-order valence-electron chi connectivity index (χ0n) is 13.4.